The third-order valence-corrected chi connectivity index (χ3v) is 6.54. The second-order valence-electron chi connectivity index (χ2n) is 8.75. The third-order valence-electron chi connectivity index (χ3n) is 6.25. The smallest absolute Gasteiger partial charge is 0.270 e. The number of carbonyl (C=O) groups is 3. The summed E-state index contributed by atoms with van der Waals surface area (Å²) in [6.07, 6.45) is 0.849. The van der Waals surface area contributed by atoms with Crippen LogP contribution in [0.3, 0.4) is 0 Å². The van der Waals surface area contributed by atoms with E-state index in [-0.39, 0.29) is 40.8 Å². The molecule has 0 saturated heterocycles. The van der Waals surface area contributed by atoms with Crippen LogP contribution in [-0.2, 0) is 13.0 Å². The third kappa shape index (κ3) is 4.81. The fraction of sp³-hybridized carbons (Fsp3) is 0.192. The van der Waals surface area contributed by atoms with E-state index in [1.165, 1.54) is 41.9 Å². The predicted octanol–water partition coefficient (Wildman–Crippen LogP) is 3.04. The van der Waals surface area contributed by atoms with Crippen LogP contribution in [0.15, 0.2) is 54.7 Å². The summed E-state index contributed by atoms with van der Waals surface area (Å²) >= 11 is 5.80. The zero-order valence-electron chi connectivity index (χ0n) is 19.5. The maximum Gasteiger partial charge on any atom is 0.270 e. The van der Waals surface area contributed by atoms with E-state index in [1.807, 2.05) is 0 Å². The summed E-state index contributed by atoms with van der Waals surface area (Å²) in [6.45, 7) is 1.54. The molecule has 0 aliphatic heterocycles. The highest BCUT2D eigenvalue weighted by atomic mass is 35.5. The fourth-order valence-electron chi connectivity index (χ4n) is 4.36. The summed E-state index contributed by atoms with van der Waals surface area (Å²) in [5, 5.41) is 20.2. The van der Waals surface area contributed by atoms with Gasteiger partial charge in [0.15, 0.2) is 11.4 Å². The monoisotopic (exact) mass is 521 g/mol. The molecule has 2 heterocycles. The van der Waals surface area contributed by atoms with Gasteiger partial charge in [-0.1, -0.05) is 29.8 Å². The zero-order chi connectivity index (χ0) is 26.3. The first kappa shape index (κ1) is 24.5. The van der Waals surface area contributed by atoms with Crippen LogP contribution in [0.2, 0.25) is 5.02 Å². The summed E-state index contributed by atoms with van der Waals surface area (Å²) < 4.78 is 14.7. The molecule has 0 saturated carbocycles. The van der Waals surface area contributed by atoms with E-state index in [0.717, 1.165) is 5.56 Å². The van der Waals surface area contributed by atoms with Gasteiger partial charge in [0.2, 0.25) is 0 Å². The number of ketones is 1. The zero-order valence-corrected chi connectivity index (χ0v) is 20.3. The molecule has 11 heteroatoms. The highest BCUT2D eigenvalue weighted by Crippen LogP contribution is 2.32. The molecule has 3 N–H and O–H groups in total. The molecule has 0 unspecified atom stereocenters. The Morgan fingerprint density at radius 1 is 1.14 bits per heavy atom. The fourth-order valence-corrected chi connectivity index (χ4v) is 4.56. The molecule has 0 fully saturated rings. The van der Waals surface area contributed by atoms with Gasteiger partial charge in [-0.15, -0.1) is 0 Å². The Bertz CT molecular complexity index is 1570. The molecule has 188 valence electrons. The van der Waals surface area contributed by atoms with Gasteiger partial charge in [0.25, 0.3) is 11.8 Å². The summed E-state index contributed by atoms with van der Waals surface area (Å²) in [4.78, 5) is 42.2. The molecule has 0 spiro atoms. The van der Waals surface area contributed by atoms with Crippen molar-refractivity contribution in [2.75, 3.05) is 0 Å². The van der Waals surface area contributed by atoms with E-state index < -0.39 is 29.8 Å². The number of carbonyl (C=O) groups excluding carboxylic acids is 3. The number of aliphatic hydroxyl groups is 1. The molecule has 2 aromatic heterocycles. The van der Waals surface area contributed by atoms with Crippen molar-refractivity contribution in [1.29, 1.82) is 0 Å². The van der Waals surface area contributed by atoms with E-state index in [9.17, 15) is 23.9 Å². The molecular weight excluding hydrogens is 501 g/mol. The lowest BCUT2D eigenvalue weighted by Crippen LogP contribution is -2.35. The van der Waals surface area contributed by atoms with Gasteiger partial charge in [-0.25, -0.2) is 13.9 Å². The number of amides is 2. The maximum absolute atomic E-state index is 13.4. The first-order chi connectivity index (χ1) is 17.7. The first-order valence-electron chi connectivity index (χ1n) is 11.4. The van der Waals surface area contributed by atoms with Gasteiger partial charge in [0, 0.05) is 30.7 Å². The van der Waals surface area contributed by atoms with Gasteiger partial charge in [-0.05, 0) is 41.8 Å². The molecular formula is C26H21ClFN5O4. The number of halogens is 2. The average Bonchev–Trinajstić information content (AvgIpc) is 3.47. The second kappa shape index (κ2) is 9.72. The van der Waals surface area contributed by atoms with Crippen molar-refractivity contribution in [2.45, 2.75) is 32.0 Å². The number of Topliss-reactive ketones (excluding diaryl/α,β-unsaturated/α-hetero) is 1. The average molecular weight is 522 g/mol. The van der Waals surface area contributed by atoms with Gasteiger partial charge in [-0.2, -0.15) is 5.10 Å². The lowest BCUT2D eigenvalue weighted by molar-refractivity contribution is 0.0850. The number of hydrogen-bond acceptors (Lipinski definition) is 6. The van der Waals surface area contributed by atoms with Crippen molar-refractivity contribution >= 4 is 34.8 Å². The van der Waals surface area contributed by atoms with Crippen LogP contribution in [-0.4, -0.2) is 43.4 Å². The quantitative estimate of drug-likeness (QED) is 0.335. The number of hydrogen-bond donors (Lipinski definition) is 3. The van der Waals surface area contributed by atoms with Crippen LogP contribution in [0.4, 0.5) is 4.39 Å². The van der Waals surface area contributed by atoms with Crippen molar-refractivity contribution < 1.29 is 23.9 Å². The van der Waals surface area contributed by atoms with Crippen molar-refractivity contribution in [3.63, 3.8) is 0 Å². The SMILES string of the molecule is CC(=O)c1ccc2c(c1)C[C@H](O)[C@@H]2NC(=O)c1cc(C(=O)NCc2ccc(F)c(Cl)c2)nc2ccnn12. The Labute approximate surface area is 215 Å². The Balaban J connectivity index is 1.38. The van der Waals surface area contributed by atoms with E-state index in [2.05, 4.69) is 20.7 Å². The number of nitrogens with zero attached hydrogens (tertiary/aromatic N) is 3. The van der Waals surface area contributed by atoms with Crippen LogP contribution in [0.5, 0.6) is 0 Å². The van der Waals surface area contributed by atoms with Crippen molar-refractivity contribution in [2.24, 2.45) is 0 Å². The van der Waals surface area contributed by atoms with Crippen LogP contribution in [0.1, 0.15) is 61.0 Å². The standard InChI is InChI=1S/C26H21ClFN5O4/c1-13(34)15-3-4-17-16(9-15)10-22(35)24(17)32-26(37)21-11-20(31-23-6-7-30-33(21)23)25(36)29-12-14-2-5-19(28)18(27)8-14/h2-9,11,22,24,35H,10,12H2,1H3,(H,29,36)(H,32,37)/t22-,24+/m0/s1. The number of fused-ring (bicyclic) bond motifs is 2. The van der Waals surface area contributed by atoms with Crippen LogP contribution in [0.25, 0.3) is 5.65 Å². The molecule has 2 aromatic carbocycles. The Kier molecular flexibility index (Phi) is 6.45. The molecule has 2 atom stereocenters. The summed E-state index contributed by atoms with van der Waals surface area (Å²) in [6, 6.07) is 11.4. The van der Waals surface area contributed by atoms with Gasteiger partial charge >= 0.3 is 0 Å². The Morgan fingerprint density at radius 3 is 2.70 bits per heavy atom. The summed E-state index contributed by atoms with van der Waals surface area (Å²) in [5.74, 6) is -1.77. The predicted molar refractivity (Wildman–Crippen MR) is 132 cm³/mol. The van der Waals surface area contributed by atoms with Crippen LogP contribution in [0, 0.1) is 5.82 Å². The van der Waals surface area contributed by atoms with Crippen molar-refractivity contribution in [3.8, 4) is 0 Å². The highest BCUT2D eigenvalue weighted by Gasteiger charge is 2.33. The Hall–Kier alpha value is -4.15. The molecule has 1 aliphatic carbocycles. The number of benzene rings is 2. The van der Waals surface area contributed by atoms with E-state index in [4.69, 9.17) is 11.6 Å². The Morgan fingerprint density at radius 2 is 1.95 bits per heavy atom. The van der Waals surface area contributed by atoms with Gasteiger partial charge in [-0.3, -0.25) is 14.4 Å². The number of aromatic nitrogens is 3. The van der Waals surface area contributed by atoms with Crippen LogP contribution >= 0.6 is 11.6 Å². The molecule has 0 bridgehead atoms. The minimum Gasteiger partial charge on any atom is -0.390 e. The number of aliphatic hydroxyl groups excluding tert-OH is 1. The minimum atomic E-state index is -0.888. The molecule has 1 aliphatic rings. The maximum atomic E-state index is 13.4. The lowest BCUT2D eigenvalue weighted by Gasteiger charge is -2.18. The van der Waals surface area contributed by atoms with E-state index in [0.29, 0.717) is 16.7 Å². The molecule has 0 radical (unpaired) electrons. The second-order valence-corrected chi connectivity index (χ2v) is 9.16. The van der Waals surface area contributed by atoms with E-state index >= 15 is 0 Å². The van der Waals surface area contributed by atoms with E-state index in [1.54, 1.807) is 24.3 Å². The number of nitrogens with one attached hydrogen (secondary N) is 2. The first-order valence-corrected chi connectivity index (χ1v) is 11.8. The largest absolute Gasteiger partial charge is 0.390 e. The molecule has 4 aromatic rings. The summed E-state index contributed by atoms with van der Waals surface area (Å²) in [7, 11) is 0. The van der Waals surface area contributed by atoms with Gasteiger partial charge < -0.3 is 15.7 Å². The molecule has 9 nitrogen and oxygen atoms in total. The molecule has 5 rings (SSSR count). The highest BCUT2D eigenvalue weighted by molar-refractivity contribution is 6.30. The molecule has 2 amide bonds. The van der Waals surface area contributed by atoms with Gasteiger partial charge in [0.05, 0.1) is 23.4 Å². The number of rotatable bonds is 6. The minimum absolute atomic E-state index is 0.0233. The molecule has 37 heavy (non-hydrogen) atoms. The normalized spacial score (nSPS) is 16.4. The van der Waals surface area contributed by atoms with Gasteiger partial charge in [0.1, 0.15) is 17.2 Å². The van der Waals surface area contributed by atoms with Crippen molar-refractivity contribution in [3.05, 3.63) is 99.2 Å². The lowest BCUT2D eigenvalue weighted by atomic mass is 10.0. The topological polar surface area (TPSA) is 126 Å². The van der Waals surface area contributed by atoms with Crippen LogP contribution < -0.4 is 10.6 Å². The van der Waals surface area contributed by atoms with Crippen molar-refractivity contribution in [1.82, 2.24) is 25.2 Å². The summed E-state index contributed by atoms with van der Waals surface area (Å²) in [5.41, 5.74) is 2.92.